The molecule has 2 rings (SSSR count). The van der Waals surface area contributed by atoms with Crippen molar-refractivity contribution < 1.29 is 4.79 Å². The van der Waals surface area contributed by atoms with Crippen LogP contribution in [0.1, 0.15) is 33.3 Å². The molecule has 0 unspecified atom stereocenters. The van der Waals surface area contributed by atoms with Gasteiger partial charge in [-0.3, -0.25) is 4.79 Å². The maximum absolute atomic E-state index is 11.9. The van der Waals surface area contributed by atoms with Crippen LogP contribution in [-0.4, -0.2) is 5.78 Å². The van der Waals surface area contributed by atoms with E-state index >= 15 is 0 Å². The van der Waals surface area contributed by atoms with Crippen LogP contribution < -0.4 is 0 Å². The molecule has 0 aliphatic heterocycles. The molecule has 0 amide bonds. The maximum Gasteiger partial charge on any atom is 0.196 e. The number of hydrogen-bond donors (Lipinski definition) is 0. The topological polar surface area (TPSA) is 17.1 Å². The molecule has 0 aliphatic carbocycles. The van der Waals surface area contributed by atoms with Crippen molar-refractivity contribution in [3.8, 4) is 0 Å². The highest BCUT2D eigenvalue weighted by Crippen LogP contribution is 2.17. The highest BCUT2D eigenvalue weighted by atomic mass is 32.1. The van der Waals surface area contributed by atoms with Crippen LogP contribution in [0.2, 0.25) is 0 Å². The fourth-order valence-corrected chi connectivity index (χ4v) is 2.58. The standard InChI is InChI=1S/C16H16OS/c1-3-13-4-6-14(7-5-13)8-9-15(17)16-12(2)10-11-18-16/h4-11H,3H2,1-2H3. The number of thiophene rings is 1. The van der Waals surface area contributed by atoms with Crippen molar-refractivity contribution in [2.75, 3.05) is 0 Å². The summed E-state index contributed by atoms with van der Waals surface area (Å²) in [6.45, 7) is 4.10. The van der Waals surface area contributed by atoms with E-state index in [-0.39, 0.29) is 5.78 Å². The summed E-state index contributed by atoms with van der Waals surface area (Å²) in [5, 5.41) is 1.95. The van der Waals surface area contributed by atoms with Gasteiger partial charge in [-0.05, 0) is 47.6 Å². The molecule has 0 radical (unpaired) electrons. The number of carbonyl (C=O) groups is 1. The average molecular weight is 256 g/mol. The van der Waals surface area contributed by atoms with Gasteiger partial charge >= 0.3 is 0 Å². The van der Waals surface area contributed by atoms with Gasteiger partial charge in [0, 0.05) is 0 Å². The summed E-state index contributed by atoms with van der Waals surface area (Å²) in [6.07, 6.45) is 4.57. The molecule has 1 heterocycles. The Labute approximate surface area is 112 Å². The van der Waals surface area contributed by atoms with E-state index in [0.717, 1.165) is 22.4 Å². The van der Waals surface area contributed by atoms with Crippen molar-refractivity contribution in [2.24, 2.45) is 0 Å². The highest BCUT2D eigenvalue weighted by Gasteiger charge is 2.06. The Morgan fingerprint density at radius 1 is 1.22 bits per heavy atom. The quantitative estimate of drug-likeness (QED) is 0.581. The minimum absolute atomic E-state index is 0.0852. The van der Waals surface area contributed by atoms with Crippen molar-refractivity contribution in [1.82, 2.24) is 0 Å². The Bertz CT molecular complexity index is 561. The van der Waals surface area contributed by atoms with Crippen LogP contribution in [0.5, 0.6) is 0 Å². The van der Waals surface area contributed by atoms with E-state index in [9.17, 15) is 4.79 Å². The largest absolute Gasteiger partial charge is 0.288 e. The Kier molecular flexibility index (Phi) is 4.11. The molecular formula is C16H16OS. The molecule has 2 aromatic rings. The normalized spacial score (nSPS) is 11.0. The predicted octanol–water partition coefficient (Wildman–Crippen LogP) is 4.52. The molecule has 18 heavy (non-hydrogen) atoms. The zero-order chi connectivity index (χ0) is 13.0. The number of ketones is 1. The van der Waals surface area contributed by atoms with E-state index in [4.69, 9.17) is 0 Å². The van der Waals surface area contributed by atoms with Gasteiger partial charge < -0.3 is 0 Å². The van der Waals surface area contributed by atoms with E-state index < -0.39 is 0 Å². The Morgan fingerprint density at radius 3 is 2.50 bits per heavy atom. The predicted molar refractivity (Wildman–Crippen MR) is 78.2 cm³/mol. The molecule has 1 aromatic carbocycles. The second-order valence-corrected chi connectivity index (χ2v) is 5.14. The summed E-state index contributed by atoms with van der Waals surface area (Å²) in [5.41, 5.74) is 3.43. The second kappa shape index (κ2) is 5.78. The summed E-state index contributed by atoms with van der Waals surface area (Å²) in [7, 11) is 0. The smallest absolute Gasteiger partial charge is 0.196 e. The molecule has 0 bridgehead atoms. The van der Waals surface area contributed by atoms with E-state index in [1.54, 1.807) is 6.08 Å². The molecular weight excluding hydrogens is 240 g/mol. The van der Waals surface area contributed by atoms with Crippen molar-refractivity contribution in [3.63, 3.8) is 0 Å². The lowest BCUT2D eigenvalue weighted by Crippen LogP contribution is -1.92. The third-order valence-electron chi connectivity index (χ3n) is 2.90. The van der Waals surface area contributed by atoms with Gasteiger partial charge in [-0.25, -0.2) is 0 Å². The number of allylic oxidation sites excluding steroid dienone is 1. The fraction of sp³-hybridized carbons (Fsp3) is 0.188. The van der Waals surface area contributed by atoms with Crippen LogP contribution in [0.3, 0.4) is 0 Å². The van der Waals surface area contributed by atoms with E-state index in [2.05, 4.69) is 19.1 Å². The van der Waals surface area contributed by atoms with Crippen molar-refractivity contribution in [2.45, 2.75) is 20.3 Å². The van der Waals surface area contributed by atoms with Gasteiger partial charge in [0.05, 0.1) is 4.88 Å². The van der Waals surface area contributed by atoms with E-state index in [1.165, 1.54) is 16.9 Å². The molecule has 0 atom stereocenters. The first-order chi connectivity index (χ1) is 8.70. The van der Waals surface area contributed by atoms with Crippen molar-refractivity contribution in [3.05, 3.63) is 63.4 Å². The zero-order valence-corrected chi connectivity index (χ0v) is 11.5. The second-order valence-electron chi connectivity index (χ2n) is 4.23. The minimum Gasteiger partial charge on any atom is -0.288 e. The van der Waals surface area contributed by atoms with E-state index in [1.807, 2.05) is 36.6 Å². The lowest BCUT2D eigenvalue weighted by molar-refractivity contribution is 0.105. The van der Waals surface area contributed by atoms with Gasteiger partial charge in [0.2, 0.25) is 0 Å². The van der Waals surface area contributed by atoms with Crippen molar-refractivity contribution in [1.29, 1.82) is 0 Å². The monoisotopic (exact) mass is 256 g/mol. The van der Waals surface area contributed by atoms with Gasteiger partial charge in [0.25, 0.3) is 0 Å². The fourth-order valence-electron chi connectivity index (χ4n) is 1.74. The van der Waals surface area contributed by atoms with Crippen LogP contribution >= 0.6 is 11.3 Å². The molecule has 0 saturated heterocycles. The Morgan fingerprint density at radius 2 is 1.94 bits per heavy atom. The summed E-state index contributed by atoms with van der Waals surface area (Å²) in [4.78, 5) is 12.8. The molecule has 2 heteroatoms. The van der Waals surface area contributed by atoms with E-state index in [0.29, 0.717) is 0 Å². The summed E-state index contributed by atoms with van der Waals surface area (Å²) in [6, 6.07) is 10.3. The number of benzene rings is 1. The Balaban J connectivity index is 2.11. The molecule has 1 nitrogen and oxygen atoms in total. The van der Waals surface area contributed by atoms with Gasteiger partial charge in [0.1, 0.15) is 0 Å². The molecule has 1 aromatic heterocycles. The molecule has 0 spiro atoms. The van der Waals surface area contributed by atoms with Gasteiger partial charge in [-0.2, -0.15) is 0 Å². The van der Waals surface area contributed by atoms with Crippen LogP contribution in [0.15, 0.2) is 41.8 Å². The number of rotatable bonds is 4. The first-order valence-electron chi connectivity index (χ1n) is 6.06. The first-order valence-corrected chi connectivity index (χ1v) is 6.94. The van der Waals surface area contributed by atoms with Crippen LogP contribution in [0.4, 0.5) is 0 Å². The molecule has 92 valence electrons. The molecule has 0 aliphatic rings. The zero-order valence-electron chi connectivity index (χ0n) is 10.6. The molecule has 0 fully saturated rings. The van der Waals surface area contributed by atoms with Gasteiger partial charge in [-0.15, -0.1) is 11.3 Å². The van der Waals surface area contributed by atoms with Gasteiger partial charge in [-0.1, -0.05) is 37.3 Å². The average Bonchev–Trinajstić information content (AvgIpc) is 2.83. The SMILES string of the molecule is CCc1ccc(C=CC(=O)c2sccc2C)cc1. The maximum atomic E-state index is 11.9. The van der Waals surface area contributed by atoms with Gasteiger partial charge in [0.15, 0.2) is 5.78 Å². The first kappa shape index (κ1) is 12.8. The summed E-state index contributed by atoms with van der Waals surface area (Å²) >= 11 is 1.50. The van der Waals surface area contributed by atoms with Crippen molar-refractivity contribution >= 4 is 23.2 Å². The third kappa shape index (κ3) is 2.96. The lowest BCUT2D eigenvalue weighted by atomic mass is 10.1. The number of aryl methyl sites for hydroxylation is 2. The summed E-state index contributed by atoms with van der Waals surface area (Å²) in [5.74, 6) is 0.0852. The van der Waals surface area contributed by atoms with Crippen LogP contribution in [0.25, 0.3) is 6.08 Å². The third-order valence-corrected chi connectivity index (χ3v) is 3.93. The van der Waals surface area contributed by atoms with Crippen LogP contribution in [-0.2, 0) is 6.42 Å². The molecule has 0 saturated carbocycles. The highest BCUT2D eigenvalue weighted by molar-refractivity contribution is 7.12. The lowest BCUT2D eigenvalue weighted by Gasteiger charge is -1.97. The number of hydrogen-bond acceptors (Lipinski definition) is 2. The minimum atomic E-state index is 0.0852. The molecule has 0 N–H and O–H groups in total. The Hall–Kier alpha value is -1.67. The summed E-state index contributed by atoms with van der Waals surface area (Å²) < 4.78 is 0. The number of carbonyl (C=O) groups excluding carboxylic acids is 1. The van der Waals surface area contributed by atoms with Crippen LogP contribution in [0, 0.1) is 6.92 Å².